The standard InChI is InChI=1S/C14H28/c1-7-14(12(4)5)13(6)10-8-9-11(2)3/h11,13-14H,4,7-10H2,1-3,5-6H3. The largest absolute Gasteiger partial charge is 0.0999 e. The molecule has 84 valence electrons. The zero-order valence-electron chi connectivity index (χ0n) is 10.8. The summed E-state index contributed by atoms with van der Waals surface area (Å²) in [5, 5.41) is 0. The Bertz CT molecular complexity index is 155. The highest BCUT2D eigenvalue weighted by Crippen LogP contribution is 2.27. The zero-order chi connectivity index (χ0) is 11.1. The first-order chi connectivity index (χ1) is 6.49. The van der Waals surface area contributed by atoms with Gasteiger partial charge in [-0.25, -0.2) is 0 Å². The highest BCUT2D eigenvalue weighted by atomic mass is 14.2. The van der Waals surface area contributed by atoms with E-state index in [4.69, 9.17) is 0 Å². The van der Waals surface area contributed by atoms with E-state index < -0.39 is 0 Å². The molecule has 0 saturated heterocycles. The lowest BCUT2D eigenvalue weighted by atomic mass is 9.83. The smallest absolute Gasteiger partial charge is 0.0186 e. The monoisotopic (exact) mass is 196 g/mol. The van der Waals surface area contributed by atoms with Gasteiger partial charge in [0, 0.05) is 0 Å². The molecule has 0 aromatic carbocycles. The predicted molar refractivity (Wildman–Crippen MR) is 66.4 cm³/mol. The Morgan fingerprint density at radius 1 is 1.14 bits per heavy atom. The molecular weight excluding hydrogens is 168 g/mol. The van der Waals surface area contributed by atoms with E-state index in [2.05, 4.69) is 41.2 Å². The quantitative estimate of drug-likeness (QED) is 0.500. The van der Waals surface area contributed by atoms with Crippen LogP contribution < -0.4 is 0 Å². The van der Waals surface area contributed by atoms with Crippen LogP contribution in [0.1, 0.15) is 60.3 Å². The van der Waals surface area contributed by atoms with Crippen LogP contribution in [0.2, 0.25) is 0 Å². The maximum atomic E-state index is 4.09. The molecule has 0 bridgehead atoms. The Hall–Kier alpha value is -0.260. The summed E-state index contributed by atoms with van der Waals surface area (Å²) >= 11 is 0. The van der Waals surface area contributed by atoms with Gasteiger partial charge < -0.3 is 0 Å². The van der Waals surface area contributed by atoms with Crippen LogP contribution in [0, 0.1) is 17.8 Å². The molecule has 2 atom stereocenters. The summed E-state index contributed by atoms with van der Waals surface area (Å²) in [6, 6.07) is 0. The lowest BCUT2D eigenvalue weighted by molar-refractivity contribution is 0.353. The van der Waals surface area contributed by atoms with E-state index in [1.807, 2.05) is 0 Å². The van der Waals surface area contributed by atoms with Crippen LogP contribution in [-0.2, 0) is 0 Å². The number of hydrogen-bond donors (Lipinski definition) is 0. The molecule has 0 spiro atoms. The highest BCUT2D eigenvalue weighted by Gasteiger charge is 2.15. The van der Waals surface area contributed by atoms with Crippen molar-refractivity contribution in [2.45, 2.75) is 60.3 Å². The van der Waals surface area contributed by atoms with E-state index >= 15 is 0 Å². The van der Waals surface area contributed by atoms with Crippen molar-refractivity contribution >= 4 is 0 Å². The molecule has 0 aromatic rings. The molecule has 2 unspecified atom stereocenters. The Morgan fingerprint density at radius 2 is 1.71 bits per heavy atom. The summed E-state index contributed by atoms with van der Waals surface area (Å²) in [6.45, 7) is 15.5. The van der Waals surface area contributed by atoms with Gasteiger partial charge in [-0.05, 0) is 31.1 Å². The van der Waals surface area contributed by atoms with E-state index in [0.29, 0.717) is 0 Å². The molecule has 0 heterocycles. The van der Waals surface area contributed by atoms with E-state index in [0.717, 1.165) is 17.8 Å². The van der Waals surface area contributed by atoms with Crippen LogP contribution in [0.25, 0.3) is 0 Å². The summed E-state index contributed by atoms with van der Waals surface area (Å²) in [7, 11) is 0. The van der Waals surface area contributed by atoms with Crippen LogP contribution in [-0.4, -0.2) is 0 Å². The molecule has 0 radical (unpaired) electrons. The third kappa shape index (κ3) is 5.47. The Labute approximate surface area is 90.8 Å². The lowest BCUT2D eigenvalue weighted by Gasteiger charge is -2.23. The van der Waals surface area contributed by atoms with Crippen LogP contribution in [0.15, 0.2) is 12.2 Å². The Kier molecular flexibility index (Phi) is 6.96. The number of rotatable bonds is 7. The van der Waals surface area contributed by atoms with Gasteiger partial charge in [0.15, 0.2) is 0 Å². The fraction of sp³-hybridized carbons (Fsp3) is 0.857. The maximum Gasteiger partial charge on any atom is -0.0186 e. The van der Waals surface area contributed by atoms with Crippen molar-refractivity contribution in [1.82, 2.24) is 0 Å². The van der Waals surface area contributed by atoms with Gasteiger partial charge in [-0.3, -0.25) is 0 Å². The first-order valence-corrected chi connectivity index (χ1v) is 6.14. The lowest BCUT2D eigenvalue weighted by Crippen LogP contribution is -2.12. The van der Waals surface area contributed by atoms with Gasteiger partial charge in [0.05, 0.1) is 0 Å². The first-order valence-electron chi connectivity index (χ1n) is 6.14. The van der Waals surface area contributed by atoms with Crippen molar-refractivity contribution in [2.75, 3.05) is 0 Å². The minimum atomic E-state index is 0.738. The maximum absolute atomic E-state index is 4.09. The second-order valence-electron chi connectivity index (χ2n) is 5.16. The van der Waals surface area contributed by atoms with Gasteiger partial charge >= 0.3 is 0 Å². The van der Waals surface area contributed by atoms with Crippen molar-refractivity contribution in [3.8, 4) is 0 Å². The second kappa shape index (κ2) is 7.09. The molecule has 0 aliphatic rings. The van der Waals surface area contributed by atoms with Crippen molar-refractivity contribution in [3.05, 3.63) is 12.2 Å². The van der Waals surface area contributed by atoms with Gasteiger partial charge in [-0.2, -0.15) is 0 Å². The minimum Gasteiger partial charge on any atom is -0.0999 e. The number of allylic oxidation sites excluding steroid dienone is 1. The molecule has 0 N–H and O–H groups in total. The Morgan fingerprint density at radius 3 is 2.07 bits per heavy atom. The third-order valence-corrected chi connectivity index (χ3v) is 3.20. The topological polar surface area (TPSA) is 0 Å². The average molecular weight is 196 g/mol. The fourth-order valence-electron chi connectivity index (χ4n) is 2.29. The molecular formula is C14H28. The van der Waals surface area contributed by atoms with Gasteiger partial charge in [-0.15, -0.1) is 0 Å². The van der Waals surface area contributed by atoms with Crippen LogP contribution in [0.5, 0.6) is 0 Å². The molecule has 0 aromatic heterocycles. The highest BCUT2D eigenvalue weighted by molar-refractivity contribution is 4.97. The van der Waals surface area contributed by atoms with Crippen LogP contribution >= 0.6 is 0 Å². The van der Waals surface area contributed by atoms with Gasteiger partial charge in [0.2, 0.25) is 0 Å². The first kappa shape index (κ1) is 13.7. The average Bonchev–Trinajstić information content (AvgIpc) is 2.03. The summed E-state index contributed by atoms with van der Waals surface area (Å²) < 4.78 is 0. The molecule has 14 heavy (non-hydrogen) atoms. The summed E-state index contributed by atoms with van der Waals surface area (Å²) in [5.74, 6) is 2.41. The minimum absolute atomic E-state index is 0.738. The van der Waals surface area contributed by atoms with Crippen LogP contribution in [0.4, 0.5) is 0 Å². The summed E-state index contributed by atoms with van der Waals surface area (Å²) in [5.41, 5.74) is 1.37. The van der Waals surface area contributed by atoms with E-state index in [1.54, 1.807) is 0 Å². The van der Waals surface area contributed by atoms with Gasteiger partial charge in [0.1, 0.15) is 0 Å². The molecule has 0 fully saturated rings. The molecule has 0 heteroatoms. The van der Waals surface area contributed by atoms with E-state index in [-0.39, 0.29) is 0 Å². The van der Waals surface area contributed by atoms with Gasteiger partial charge in [-0.1, -0.05) is 59.1 Å². The van der Waals surface area contributed by atoms with Crippen molar-refractivity contribution in [1.29, 1.82) is 0 Å². The second-order valence-corrected chi connectivity index (χ2v) is 5.16. The van der Waals surface area contributed by atoms with Crippen LogP contribution in [0.3, 0.4) is 0 Å². The molecule has 0 aliphatic heterocycles. The SMILES string of the molecule is C=C(C)C(CC)C(C)CCCC(C)C. The molecule has 0 aliphatic carbocycles. The number of hydrogen-bond acceptors (Lipinski definition) is 0. The molecule has 0 nitrogen and oxygen atoms in total. The summed E-state index contributed by atoms with van der Waals surface area (Å²) in [6.07, 6.45) is 5.36. The third-order valence-electron chi connectivity index (χ3n) is 3.20. The van der Waals surface area contributed by atoms with Crippen molar-refractivity contribution in [2.24, 2.45) is 17.8 Å². The fourth-order valence-corrected chi connectivity index (χ4v) is 2.29. The van der Waals surface area contributed by atoms with E-state index in [1.165, 1.54) is 31.3 Å². The molecule has 0 saturated carbocycles. The zero-order valence-corrected chi connectivity index (χ0v) is 10.8. The van der Waals surface area contributed by atoms with Crippen molar-refractivity contribution in [3.63, 3.8) is 0 Å². The van der Waals surface area contributed by atoms with Gasteiger partial charge in [0.25, 0.3) is 0 Å². The van der Waals surface area contributed by atoms with Crippen molar-refractivity contribution < 1.29 is 0 Å². The predicted octanol–water partition coefficient (Wildman–Crippen LogP) is 5.05. The Balaban J connectivity index is 3.81. The molecule has 0 rings (SSSR count). The molecule has 0 amide bonds. The normalized spacial score (nSPS) is 15.6. The van der Waals surface area contributed by atoms with E-state index in [9.17, 15) is 0 Å². The summed E-state index contributed by atoms with van der Waals surface area (Å²) in [4.78, 5) is 0.